The largest absolute Gasteiger partial charge is 0.420 e. The highest BCUT2D eigenvalue weighted by Crippen LogP contribution is 2.44. The van der Waals surface area contributed by atoms with E-state index >= 15 is 0 Å². The topological polar surface area (TPSA) is 87.7 Å². The number of aromatic amines is 1. The van der Waals surface area contributed by atoms with Crippen LogP contribution in [0.5, 0.6) is 5.88 Å². The van der Waals surface area contributed by atoms with Crippen molar-refractivity contribution in [1.29, 1.82) is 5.26 Å². The van der Waals surface area contributed by atoms with E-state index in [2.05, 4.69) is 30.1 Å². The summed E-state index contributed by atoms with van der Waals surface area (Å²) in [6.07, 6.45) is 1.98. The lowest BCUT2D eigenvalue weighted by Crippen LogP contribution is -2.24. The number of allylic oxidation sites excluding steroid dienone is 1. The Morgan fingerprint density at radius 3 is 2.72 bits per heavy atom. The fourth-order valence-electron chi connectivity index (χ4n) is 2.67. The van der Waals surface area contributed by atoms with Gasteiger partial charge < -0.3 is 10.5 Å². The molecule has 0 aromatic carbocycles. The second kappa shape index (κ2) is 4.73. The Morgan fingerprint density at radius 2 is 2.17 bits per heavy atom. The number of nitrogens with one attached hydrogen (secondary N) is 1. The highest BCUT2D eigenvalue weighted by atomic mass is 16.5. The second-order valence-corrected chi connectivity index (χ2v) is 4.61. The number of ether oxygens (including phenoxy) is 1. The Labute approximate surface area is 107 Å². The Hall–Kier alpha value is -1.96. The fourth-order valence-corrected chi connectivity index (χ4v) is 2.67. The molecule has 1 aliphatic heterocycles. The van der Waals surface area contributed by atoms with E-state index in [1.807, 2.05) is 6.92 Å². The zero-order valence-electron chi connectivity index (χ0n) is 10.9. The molecule has 1 aliphatic rings. The summed E-state index contributed by atoms with van der Waals surface area (Å²) in [5, 5.41) is 16.3. The third-order valence-corrected chi connectivity index (χ3v) is 3.69. The summed E-state index contributed by atoms with van der Waals surface area (Å²) < 4.78 is 5.42. The molecule has 0 saturated heterocycles. The van der Waals surface area contributed by atoms with Gasteiger partial charge in [-0.05, 0) is 12.8 Å². The third kappa shape index (κ3) is 1.74. The minimum atomic E-state index is -0.00694. The smallest absolute Gasteiger partial charge is 0.243 e. The molecule has 0 saturated carbocycles. The van der Waals surface area contributed by atoms with Gasteiger partial charge in [-0.1, -0.05) is 26.7 Å². The standard InChI is InChI=1S/C13H18N4O/c1-4-8(5-2)11-9(6-14)12(15)18-13-10(11)7(3)16-17-13/h8,11H,4-5,15H2,1-3H3,(H,16,17)/t11-/m1/s1. The molecule has 0 amide bonds. The average Bonchev–Trinajstić information content (AvgIpc) is 2.72. The Kier molecular flexibility index (Phi) is 3.28. The number of hydrogen-bond donors (Lipinski definition) is 2. The SMILES string of the molecule is CCC(CC)[C@@H]1C(C#N)=C(N)Oc2n[nH]c(C)c21. The van der Waals surface area contributed by atoms with Crippen molar-refractivity contribution in [1.82, 2.24) is 10.2 Å². The summed E-state index contributed by atoms with van der Waals surface area (Å²) in [6, 6.07) is 2.20. The van der Waals surface area contributed by atoms with Gasteiger partial charge in [-0.15, -0.1) is 5.10 Å². The van der Waals surface area contributed by atoms with Gasteiger partial charge in [-0.25, -0.2) is 0 Å². The molecule has 0 fully saturated rings. The van der Waals surface area contributed by atoms with Crippen LogP contribution in [0.25, 0.3) is 0 Å². The van der Waals surface area contributed by atoms with Gasteiger partial charge in [-0.2, -0.15) is 5.26 Å². The Morgan fingerprint density at radius 1 is 1.50 bits per heavy atom. The summed E-state index contributed by atoms with van der Waals surface area (Å²) in [5.74, 6) is 1.07. The molecule has 18 heavy (non-hydrogen) atoms. The number of hydrogen-bond acceptors (Lipinski definition) is 4. The number of fused-ring (bicyclic) bond motifs is 1. The van der Waals surface area contributed by atoms with Gasteiger partial charge in [0.15, 0.2) is 0 Å². The summed E-state index contributed by atoms with van der Waals surface area (Å²) in [7, 11) is 0. The number of aryl methyl sites for hydroxylation is 1. The van der Waals surface area contributed by atoms with Crippen LogP contribution in [0.15, 0.2) is 11.5 Å². The maximum Gasteiger partial charge on any atom is 0.243 e. The molecule has 1 aromatic rings. The molecule has 0 spiro atoms. The normalized spacial score (nSPS) is 18.5. The third-order valence-electron chi connectivity index (χ3n) is 3.69. The van der Waals surface area contributed by atoms with Crippen LogP contribution in [-0.2, 0) is 0 Å². The monoisotopic (exact) mass is 246 g/mol. The molecule has 3 N–H and O–H groups in total. The molecular formula is C13H18N4O. The first kappa shape index (κ1) is 12.5. The van der Waals surface area contributed by atoms with E-state index in [0.717, 1.165) is 24.1 Å². The van der Waals surface area contributed by atoms with Gasteiger partial charge in [0.2, 0.25) is 11.8 Å². The summed E-state index contributed by atoms with van der Waals surface area (Å²) in [6.45, 7) is 6.20. The van der Waals surface area contributed by atoms with Crippen molar-refractivity contribution in [3.63, 3.8) is 0 Å². The van der Waals surface area contributed by atoms with Crippen molar-refractivity contribution >= 4 is 0 Å². The van der Waals surface area contributed by atoms with Crippen LogP contribution >= 0.6 is 0 Å². The second-order valence-electron chi connectivity index (χ2n) is 4.61. The number of nitrogens with zero attached hydrogens (tertiary/aromatic N) is 2. The lowest BCUT2D eigenvalue weighted by Gasteiger charge is -2.29. The summed E-state index contributed by atoms with van der Waals surface area (Å²) in [5.41, 5.74) is 8.29. The highest BCUT2D eigenvalue weighted by molar-refractivity contribution is 5.49. The van der Waals surface area contributed by atoms with Crippen molar-refractivity contribution in [2.24, 2.45) is 11.7 Å². The van der Waals surface area contributed by atoms with Gasteiger partial charge in [-0.3, -0.25) is 5.10 Å². The Bertz CT molecular complexity index is 520. The van der Waals surface area contributed by atoms with Gasteiger partial charge in [0, 0.05) is 17.2 Å². The van der Waals surface area contributed by atoms with Crippen molar-refractivity contribution in [3.05, 3.63) is 22.7 Å². The maximum atomic E-state index is 9.33. The quantitative estimate of drug-likeness (QED) is 0.856. The predicted molar refractivity (Wildman–Crippen MR) is 67.6 cm³/mol. The van der Waals surface area contributed by atoms with E-state index in [0.29, 0.717) is 17.4 Å². The first-order valence-electron chi connectivity index (χ1n) is 6.26. The first-order valence-corrected chi connectivity index (χ1v) is 6.26. The molecule has 96 valence electrons. The molecule has 0 bridgehead atoms. The van der Waals surface area contributed by atoms with Crippen LogP contribution < -0.4 is 10.5 Å². The van der Waals surface area contributed by atoms with Crippen LogP contribution in [0.1, 0.15) is 43.9 Å². The van der Waals surface area contributed by atoms with Crippen molar-refractivity contribution < 1.29 is 4.74 Å². The van der Waals surface area contributed by atoms with Crippen molar-refractivity contribution in [2.75, 3.05) is 0 Å². The minimum absolute atomic E-state index is 0.00694. The molecular weight excluding hydrogens is 228 g/mol. The van der Waals surface area contributed by atoms with Crippen LogP contribution in [0.4, 0.5) is 0 Å². The van der Waals surface area contributed by atoms with E-state index < -0.39 is 0 Å². The van der Waals surface area contributed by atoms with Crippen LogP contribution in [0, 0.1) is 24.2 Å². The van der Waals surface area contributed by atoms with E-state index in [-0.39, 0.29) is 11.8 Å². The number of nitrogens with two attached hydrogens (primary N) is 1. The maximum absolute atomic E-state index is 9.33. The van der Waals surface area contributed by atoms with Crippen LogP contribution in [0.3, 0.4) is 0 Å². The van der Waals surface area contributed by atoms with E-state index in [1.54, 1.807) is 0 Å². The molecule has 2 heterocycles. The minimum Gasteiger partial charge on any atom is -0.420 e. The fraction of sp³-hybridized carbons (Fsp3) is 0.538. The molecule has 5 nitrogen and oxygen atoms in total. The highest BCUT2D eigenvalue weighted by Gasteiger charge is 2.36. The zero-order valence-corrected chi connectivity index (χ0v) is 10.9. The molecule has 0 unspecified atom stereocenters. The van der Waals surface area contributed by atoms with E-state index in [1.165, 1.54) is 0 Å². The van der Waals surface area contributed by atoms with Gasteiger partial charge in [0.1, 0.15) is 6.07 Å². The van der Waals surface area contributed by atoms with Gasteiger partial charge in [0.25, 0.3) is 0 Å². The van der Waals surface area contributed by atoms with Crippen molar-refractivity contribution in [3.8, 4) is 11.9 Å². The lowest BCUT2D eigenvalue weighted by atomic mass is 9.77. The molecule has 1 atom stereocenters. The number of rotatable bonds is 3. The molecule has 2 rings (SSSR count). The molecule has 1 aromatic heterocycles. The summed E-state index contributed by atoms with van der Waals surface area (Å²) in [4.78, 5) is 0. The zero-order chi connectivity index (χ0) is 13.3. The first-order chi connectivity index (χ1) is 8.63. The molecule has 0 aliphatic carbocycles. The number of H-pyrrole nitrogens is 1. The van der Waals surface area contributed by atoms with Crippen molar-refractivity contribution in [2.45, 2.75) is 39.5 Å². The molecule has 5 heteroatoms. The number of aromatic nitrogens is 2. The van der Waals surface area contributed by atoms with Gasteiger partial charge >= 0.3 is 0 Å². The van der Waals surface area contributed by atoms with E-state index in [4.69, 9.17) is 10.5 Å². The van der Waals surface area contributed by atoms with Crippen LogP contribution in [0.2, 0.25) is 0 Å². The average molecular weight is 246 g/mol. The summed E-state index contributed by atoms with van der Waals surface area (Å²) >= 11 is 0. The predicted octanol–water partition coefficient (Wildman–Crippen LogP) is 2.32. The number of nitriles is 1. The van der Waals surface area contributed by atoms with Gasteiger partial charge in [0.05, 0.1) is 5.57 Å². The Balaban J connectivity index is 2.57. The molecule has 0 radical (unpaired) electrons. The lowest BCUT2D eigenvalue weighted by molar-refractivity contribution is 0.341. The van der Waals surface area contributed by atoms with E-state index in [9.17, 15) is 5.26 Å². The van der Waals surface area contributed by atoms with Crippen LogP contribution in [-0.4, -0.2) is 10.2 Å².